The van der Waals surface area contributed by atoms with E-state index in [9.17, 15) is 9.59 Å². The number of amides is 1. The number of carbonyl (C=O) groups is 2. The molecule has 3 aromatic rings. The van der Waals surface area contributed by atoms with Gasteiger partial charge >= 0.3 is 5.97 Å². The number of anilines is 1. The highest BCUT2D eigenvalue weighted by atomic mass is 16.5. The summed E-state index contributed by atoms with van der Waals surface area (Å²) in [4.78, 5) is 24.6. The van der Waals surface area contributed by atoms with E-state index >= 15 is 0 Å². The lowest BCUT2D eigenvalue weighted by Crippen LogP contribution is -2.17. The van der Waals surface area contributed by atoms with Gasteiger partial charge in [0.05, 0.1) is 23.9 Å². The number of benzene rings is 3. The molecule has 0 unspecified atom stereocenters. The van der Waals surface area contributed by atoms with E-state index in [1.807, 2.05) is 36.4 Å². The summed E-state index contributed by atoms with van der Waals surface area (Å²) in [5, 5.41) is 2.79. The average Bonchev–Trinajstić information content (AvgIpc) is 2.69. The zero-order valence-corrected chi connectivity index (χ0v) is 14.1. The van der Waals surface area contributed by atoms with Crippen molar-refractivity contribution in [2.24, 2.45) is 0 Å². The van der Waals surface area contributed by atoms with Crippen LogP contribution in [0, 0.1) is 0 Å². The number of carbonyl (C=O) groups excluding carboxylic acids is 2. The summed E-state index contributed by atoms with van der Waals surface area (Å²) in [6.07, 6.45) is 0. The van der Waals surface area contributed by atoms with Crippen molar-refractivity contribution in [3.63, 3.8) is 0 Å². The van der Waals surface area contributed by atoms with Crippen LogP contribution in [0.2, 0.25) is 0 Å². The van der Waals surface area contributed by atoms with E-state index in [1.165, 1.54) is 7.11 Å². The monoisotopic (exact) mass is 347 g/mol. The van der Waals surface area contributed by atoms with Crippen molar-refractivity contribution in [1.82, 2.24) is 0 Å². The molecule has 3 aromatic carbocycles. The second kappa shape index (κ2) is 7.98. The lowest BCUT2D eigenvalue weighted by molar-refractivity contribution is 0.0597. The van der Waals surface area contributed by atoms with Crippen LogP contribution in [-0.2, 0) is 4.74 Å². The molecule has 26 heavy (non-hydrogen) atoms. The molecule has 0 saturated carbocycles. The van der Waals surface area contributed by atoms with Crippen molar-refractivity contribution in [2.45, 2.75) is 0 Å². The maximum absolute atomic E-state index is 12.7. The third-order valence-electron chi connectivity index (χ3n) is 3.68. The molecule has 0 spiro atoms. The normalized spacial score (nSPS) is 10.0. The predicted molar refractivity (Wildman–Crippen MR) is 98.7 cm³/mol. The topological polar surface area (TPSA) is 64.6 Å². The Kier molecular flexibility index (Phi) is 5.29. The molecule has 0 aliphatic rings. The van der Waals surface area contributed by atoms with Gasteiger partial charge in [-0.05, 0) is 36.4 Å². The highest BCUT2D eigenvalue weighted by molar-refractivity contribution is 6.11. The predicted octanol–water partition coefficient (Wildman–Crippen LogP) is 4.52. The smallest absolute Gasteiger partial charge is 0.338 e. The van der Waals surface area contributed by atoms with Gasteiger partial charge in [0.1, 0.15) is 5.75 Å². The Labute approximate surface area is 151 Å². The number of hydrogen-bond acceptors (Lipinski definition) is 4. The Morgan fingerprint density at radius 1 is 0.769 bits per heavy atom. The van der Waals surface area contributed by atoms with Crippen LogP contribution in [0.4, 0.5) is 5.69 Å². The number of para-hydroxylation sites is 3. The Morgan fingerprint density at radius 2 is 1.38 bits per heavy atom. The molecule has 0 fully saturated rings. The van der Waals surface area contributed by atoms with Crippen LogP contribution in [0.1, 0.15) is 20.7 Å². The fraction of sp³-hybridized carbons (Fsp3) is 0.0476. The molecule has 0 atom stereocenters. The molecule has 5 nitrogen and oxygen atoms in total. The van der Waals surface area contributed by atoms with E-state index < -0.39 is 11.9 Å². The molecule has 1 amide bonds. The van der Waals surface area contributed by atoms with Crippen LogP contribution < -0.4 is 10.1 Å². The van der Waals surface area contributed by atoms with Gasteiger partial charge in [-0.1, -0.05) is 42.5 Å². The fourth-order valence-corrected chi connectivity index (χ4v) is 2.43. The lowest BCUT2D eigenvalue weighted by atomic mass is 10.1. The molecule has 0 aliphatic carbocycles. The SMILES string of the molecule is COC(=O)c1ccccc1C(=O)Nc1ccccc1Oc1ccccc1. The van der Waals surface area contributed by atoms with E-state index in [2.05, 4.69) is 5.32 Å². The molecule has 0 saturated heterocycles. The first-order valence-corrected chi connectivity index (χ1v) is 7.99. The highest BCUT2D eigenvalue weighted by Gasteiger charge is 2.18. The van der Waals surface area contributed by atoms with Gasteiger partial charge in [-0.25, -0.2) is 4.79 Å². The molecule has 0 aliphatic heterocycles. The van der Waals surface area contributed by atoms with Crippen molar-refractivity contribution in [2.75, 3.05) is 12.4 Å². The van der Waals surface area contributed by atoms with Gasteiger partial charge in [0.2, 0.25) is 0 Å². The molecule has 3 rings (SSSR count). The third-order valence-corrected chi connectivity index (χ3v) is 3.68. The molecular formula is C21H17NO4. The minimum absolute atomic E-state index is 0.203. The maximum atomic E-state index is 12.7. The Hall–Kier alpha value is -3.60. The zero-order valence-electron chi connectivity index (χ0n) is 14.1. The van der Waals surface area contributed by atoms with Crippen molar-refractivity contribution in [3.8, 4) is 11.5 Å². The molecule has 0 bridgehead atoms. The zero-order chi connectivity index (χ0) is 18.4. The number of methoxy groups -OCH3 is 1. The van der Waals surface area contributed by atoms with Gasteiger partial charge in [-0.3, -0.25) is 4.79 Å². The van der Waals surface area contributed by atoms with E-state index in [0.717, 1.165) is 0 Å². The first-order chi connectivity index (χ1) is 12.7. The van der Waals surface area contributed by atoms with Crippen LogP contribution in [0.3, 0.4) is 0 Å². The number of esters is 1. The van der Waals surface area contributed by atoms with E-state index in [1.54, 1.807) is 42.5 Å². The fourth-order valence-electron chi connectivity index (χ4n) is 2.43. The van der Waals surface area contributed by atoms with E-state index in [4.69, 9.17) is 9.47 Å². The quantitative estimate of drug-likeness (QED) is 0.689. The standard InChI is InChI=1S/C21H17NO4/c1-25-21(24)17-12-6-5-11-16(17)20(23)22-18-13-7-8-14-19(18)26-15-9-3-2-4-10-15/h2-14H,1H3,(H,22,23). The van der Waals surface area contributed by atoms with Crippen molar-refractivity contribution >= 4 is 17.6 Å². The third kappa shape index (κ3) is 3.89. The maximum Gasteiger partial charge on any atom is 0.338 e. The summed E-state index contributed by atoms with van der Waals surface area (Å²) in [6, 6.07) is 22.9. The summed E-state index contributed by atoms with van der Waals surface area (Å²) >= 11 is 0. The summed E-state index contributed by atoms with van der Waals surface area (Å²) in [5.74, 6) is 0.173. The molecule has 0 heterocycles. The van der Waals surface area contributed by atoms with Crippen LogP contribution in [0.5, 0.6) is 11.5 Å². The highest BCUT2D eigenvalue weighted by Crippen LogP contribution is 2.29. The number of rotatable bonds is 5. The van der Waals surface area contributed by atoms with Crippen LogP contribution >= 0.6 is 0 Å². The molecule has 0 aromatic heterocycles. The van der Waals surface area contributed by atoms with Gasteiger partial charge in [0, 0.05) is 0 Å². The summed E-state index contributed by atoms with van der Waals surface area (Å²) in [5.41, 5.74) is 0.934. The first kappa shape index (κ1) is 17.2. The number of hydrogen-bond donors (Lipinski definition) is 1. The van der Waals surface area contributed by atoms with Crippen LogP contribution in [0.25, 0.3) is 0 Å². The van der Waals surface area contributed by atoms with Gasteiger partial charge in [0.25, 0.3) is 5.91 Å². The molecular weight excluding hydrogens is 330 g/mol. The molecule has 5 heteroatoms. The minimum Gasteiger partial charge on any atom is -0.465 e. The first-order valence-electron chi connectivity index (χ1n) is 7.99. The largest absolute Gasteiger partial charge is 0.465 e. The number of nitrogens with one attached hydrogen (secondary N) is 1. The van der Waals surface area contributed by atoms with Gasteiger partial charge in [0.15, 0.2) is 5.75 Å². The second-order valence-electron chi connectivity index (χ2n) is 5.40. The summed E-state index contributed by atoms with van der Waals surface area (Å²) in [6.45, 7) is 0. The lowest BCUT2D eigenvalue weighted by Gasteiger charge is -2.13. The van der Waals surface area contributed by atoms with E-state index in [0.29, 0.717) is 17.2 Å². The Balaban J connectivity index is 1.86. The van der Waals surface area contributed by atoms with Gasteiger partial charge in [-0.2, -0.15) is 0 Å². The minimum atomic E-state index is -0.565. The second-order valence-corrected chi connectivity index (χ2v) is 5.40. The van der Waals surface area contributed by atoms with Crippen molar-refractivity contribution in [3.05, 3.63) is 90.0 Å². The van der Waals surface area contributed by atoms with E-state index in [-0.39, 0.29) is 11.1 Å². The van der Waals surface area contributed by atoms with Gasteiger partial charge < -0.3 is 14.8 Å². The number of ether oxygens (including phenoxy) is 2. The van der Waals surface area contributed by atoms with Gasteiger partial charge in [-0.15, -0.1) is 0 Å². The molecule has 1 N–H and O–H groups in total. The van der Waals surface area contributed by atoms with Crippen molar-refractivity contribution in [1.29, 1.82) is 0 Å². The average molecular weight is 347 g/mol. The van der Waals surface area contributed by atoms with Crippen molar-refractivity contribution < 1.29 is 19.1 Å². The van der Waals surface area contributed by atoms with Crippen LogP contribution in [-0.4, -0.2) is 19.0 Å². The molecule has 0 radical (unpaired) electrons. The summed E-state index contributed by atoms with van der Waals surface area (Å²) in [7, 11) is 1.28. The Bertz CT molecular complexity index is 922. The van der Waals surface area contributed by atoms with Crippen LogP contribution in [0.15, 0.2) is 78.9 Å². The molecule has 130 valence electrons. The Morgan fingerprint density at radius 3 is 2.12 bits per heavy atom. The summed E-state index contributed by atoms with van der Waals surface area (Å²) < 4.78 is 10.6.